The lowest BCUT2D eigenvalue weighted by atomic mass is 9.84. The third kappa shape index (κ3) is 2.67. The van der Waals surface area contributed by atoms with Crippen molar-refractivity contribution < 1.29 is 0 Å². The van der Waals surface area contributed by atoms with Crippen LogP contribution >= 0.6 is 0 Å². The van der Waals surface area contributed by atoms with E-state index in [0.29, 0.717) is 5.92 Å². The van der Waals surface area contributed by atoms with E-state index in [1.54, 1.807) is 12.4 Å². The number of nitrogens with one attached hydrogen (secondary N) is 1. The number of aromatic nitrogens is 2. The minimum Gasteiger partial charge on any atom is -0.312 e. The van der Waals surface area contributed by atoms with Gasteiger partial charge in [0.25, 0.3) is 0 Å². The van der Waals surface area contributed by atoms with Gasteiger partial charge < -0.3 is 5.32 Å². The molecular weight excluding hydrogens is 318 g/mol. The molecule has 5 rings (SSSR count). The maximum Gasteiger partial charge on any atom is 0.159 e. The zero-order valence-corrected chi connectivity index (χ0v) is 14.4. The molecule has 1 aromatic heterocycles. The van der Waals surface area contributed by atoms with Crippen LogP contribution in [0.15, 0.2) is 79.1 Å². The molecule has 0 radical (unpaired) electrons. The summed E-state index contributed by atoms with van der Waals surface area (Å²) in [5, 5.41) is 6.16. The monoisotopic (exact) mass is 337 g/mol. The van der Waals surface area contributed by atoms with E-state index in [4.69, 9.17) is 0 Å². The second kappa shape index (κ2) is 6.36. The Hall–Kier alpha value is -3.04. The first-order chi connectivity index (χ1) is 12.9. The molecule has 4 aromatic rings. The molecule has 0 saturated heterocycles. The molecule has 2 heterocycles. The molecule has 3 heteroatoms. The van der Waals surface area contributed by atoms with E-state index in [1.807, 2.05) is 6.07 Å². The van der Waals surface area contributed by atoms with Gasteiger partial charge in [-0.05, 0) is 39.6 Å². The number of hydrogen-bond donors (Lipinski definition) is 1. The Morgan fingerprint density at radius 3 is 2.54 bits per heavy atom. The number of rotatable bonds is 2. The molecule has 26 heavy (non-hydrogen) atoms. The number of benzene rings is 3. The Morgan fingerprint density at radius 2 is 1.65 bits per heavy atom. The maximum atomic E-state index is 4.38. The minimum absolute atomic E-state index is 0.370. The van der Waals surface area contributed by atoms with E-state index in [1.165, 1.54) is 27.5 Å². The van der Waals surface area contributed by atoms with Gasteiger partial charge in [-0.3, -0.25) is 0 Å². The molecule has 0 saturated carbocycles. The predicted octanol–water partition coefficient (Wildman–Crippen LogP) is 4.53. The van der Waals surface area contributed by atoms with Crippen molar-refractivity contribution in [3.63, 3.8) is 0 Å². The Labute approximate surface area is 152 Å². The highest BCUT2D eigenvalue weighted by Crippen LogP contribution is 2.33. The van der Waals surface area contributed by atoms with Gasteiger partial charge in [-0.2, -0.15) is 0 Å². The Morgan fingerprint density at radius 1 is 0.808 bits per heavy atom. The van der Waals surface area contributed by atoms with Gasteiger partial charge in [0.2, 0.25) is 0 Å². The van der Waals surface area contributed by atoms with Gasteiger partial charge in [-0.15, -0.1) is 0 Å². The first-order valence-corrected chi connectivity index (χ1v) is 8.98. The molecule has 1 unspecified atom stereocenters. The lowest BCUT2D eigenvalue weighted by Crippen LogP contribution is -2.28. The fourth-order valence-corrected chi connectivity index (χ4v) is 3.87. The molecule has 3 nitrogen and oxygen atoms in total. The number of fused-ring (bicyclic) bond motifs is 2. The third-order valence-corrected chi connectivity index (χ3v) is 5.18. The average molecular weight is 337 g/mol. The highest BCUT2D eigenvalue weighted by molar-refractivity contribution is 5.83. The number of nitrogens with zero attached hydrogens (tertiary/aromatic N) is 2. The molecule has 0 fully saturated rings. The molecule has 0 spiro atoms. The van der Waals surface area contributed by atoms with Crippen LogP contribution in [0, 0.1) is 0 Å². The fraction of sp³-hybridized carbons (Fsp3) is 0.130. The standard InChI is InChI=1S/C23H19N3/c1-2-5-17-12-18(7-6-16(17)4-1)22-15-24-14-20-13-19(8-9-21(20)22)23-25-10-3-11-26-23/h1-13,22,24H,14-15H2. The summed E-state index contributed by atoms with van der Waals surface area (Å²) in [7, 11) is 0. The summed E-state index contributed by atoms with van der Waals surface area (Å²) in [6, 6.07) is 23.8. The summed E-state index contributed by atoms with van der Waals surface area (Å²) in [6.07, 6.45) is 3.58. The second-order valence-corrected chi connectivity index (χ2v) is 6.78. The summed E-state index contributed by atoms with van der Waals surface area (Å²) in [5.74, 6) is 1.15. The first-order valence-electron chi connectivity index (χ1n) is 8.98. The second-order valence-electron chi connectivity index (χ2n) is 6.78. The van der Waals surface area contributed by atoms with Crippen molar-refractivity contribution in [3.8, 4) is 11.4 Å². The zero-order chi connectivity index (χ0) is 17.3. The predicted molar refractivity (Wildman–Crippen MR) is 105 cm³/mol. The average Bonchev–Trinajstić information content (AvgIpc) is 2.73. The van der Waals surface area contributed by atoms with Crippen LogP contribution in [-0.4, -0.2) is 16.5 Å². The molecule has 0 bridgehead atoms. The van der Waals surface area contributed by atoms with Crippen molar-refractivity contribution in [2.45, 2.75) is 12.5 Å². The molecule has 1 aliphatic heterocycles. The normalized spacial score (nSPS) is 16.4. The highest BCUT2D eigenvalue weighted by Gasteiger charge is 2.22. The van der Waals surface area contributed by atoms with Crippen LogP contribution in [0.1, 0.15) is 22.6 Å². The quantitative estimate of drug-likeness (QED) is 0.584. The molecule has 3 aromatic carbocycles. The van der Waals surface area contributed by atoms with Gasteiger partial charge in [-0.1, -0.05) is 54.6 Å². The van der Waals surface area contributed by atoms with Gasteiger partial charge in [0.1, 0.15) is 0 Å². The SMILES string of the molecule is c1cnc(-c2ccc3c(c2)CNCC3c2ccc3ccccc3c2)nc1. The summed E-state index contributed by atoms with van der Waals surface area (Å²) in [6.45, 7) is 1.85. The van der Waals surface area contributed by atoms with Crippen molar-refractivity contribution >= 4 is 10.8 Å². The van der Waals surface area contributed by atoms with Crippen LogP contribution in [-0.2, 0) is 6.54 Å². The van der Waals surface area contributed by atoms with Crippen molar-refractivity contribution in [1.29, 1.82) is 0 Å². The Balaban J connectivity index is 1.56. The maximum absolute atomic E-state index is 4.38. The zero-order valence-electron chi connectivity index (χ0n) is 14.4. The lowest BCUT2D eigenvalue weighted by molar-refractivity contribution is 0.592. The topological polar surface area (TPSA) is 37.8 Å². The lowest BCUT2D eigenvalue weighted by Gasteiger charge is -2.27. The van der Waals surface area contributed by atoms with Gasteiger partial charge in [-0.25, -0.2) is 9.97 Å². The number of hydrogen-bond acceptors (Lipinski definition) is 3. The van der Waals surface area contributed by atoms with E-state index in [-0.39, 0.29) is 0 Å². The van der Waals surface area contributed by atoms with Crippen LogP contribution in [0.3, 0.4) is 0 Å². The summed E-state index contributed by atoms with van der Waals surface area (Å²) >= 11 is 0. The molecule has 1 aliphatic rings. The van der Waals surface area contributed by atoms with Crippen molar-refractivity contribution in [2.75, 3.05) is 6.54 Å². The van der Waals surface area contributed by atoms with Crippen molar-refractivity contribution in [1.82, 2.24) is 15.3 Å². The van der Waals surface area contributed by atoms with E-state index < -0.39 is 0 Å². The molecule has 0 aliphatic carbocycles. The summed E-state index contributed by atoms with van der Waals surface area (Å²) in [4.78, 5) is 8.76. The summed E-state index contributed by atoms with van der Waals surface area (Å²) in [5.41, 5.74) is 5.17. The first kappa shape index (κ1) is 15.2. The van der Waals surface area contributed by atoms with E-state index in [0.717, 1.165) is 24.5 Å². The van der Waals surface area contributed by atoms with Crippen LogP contribution in [0.25, 0.3) is 22.2 Å². The van der Waals surface area contributed by atoms with Gasteiger partial charge in [0.15, 0.2) is 5.82 Å². The van der Waals surface area contributed by atoms with Crippen LogP contribution in [0.4, 0.5) is 0 Å². The van der Waals surface area contributed by atoms with Crippen molar-refractivity contribution in [3.05, 3.63) is 95.8 Å². The van der Waals surface area contributed by atoms with Gasteiger partial charge in [0, 0.05) is 37.0 Å². The summed E-state index contributed by atoms with van der Waals surface area (Å²) < 4.78 is 0. The molecular formula is C23H19N3. The smallest absolute Gasteiger partial charge is 0.159 e. The van der Waals surface area contributed by atoms with Crippen LogP contribution in [0.5, 0.6) is 0 Å². The van der Waals surface area contributed by atoms with E-state index in [2.05, 4.69) is 75.9 Å². The molecule has 126 valence electrons. The van der Waals surface area contributed by atoms with Crippen LogP contribution < -0.4 is 5.32 Å². The third-order valence-electron chi connectivity index (χ3n) is 5.18. The van der Waals surface area contributed by atoms with Gasteiger partial charge in [0.05, 0.1) is 0 Å². The minimum atomic E-state index is 0.370. The fourth-order valence-electron chi connectivity index (χ4n) is 3.87. The van der Waals surface area contributed by atoms with Crippen molar-refractivity contribution in [2.24, 2.45) is 0 Å². The Bertz CT molecular complexity index is 1070. The molecule has 0 amide bonds. The molecule has 1 N–H and O–H groups in total. The van der Waals surface area contributed by atoms with Crippen LogP contribution in [0.2, 0.25) is 0 Å². The highest BCUT2D eigenvalue weighted by atomic mass is 14.9. The van der Waals surface area contributed by atoms with E-state index in [9.17, 15) is 0 Å². The van der Waals surface area contributed by atoms with Gasteiger partial charge >= 0.3 is 0 Å². The largest absolute Gasteiger partial charge is 0.312 e. The van der Waals surface area contributed by atoms with E-state index >= 15 is 0 Å². The molecule has 1 atom stereocenters. The Kier molecular flexibility index (Phi) is 3.72.